The first-order valence-corrected chi connectivity index (χ1v) is 7.76. The summed E-state index contributed by atoms with van der Waals surface area (Å²) in [5.41, 5.74) is 0.839. The standard InChI is InChI=1S/C18H22F4O/c1-11-5-4-8-17(2,3)16(11)15(23)10-12-6-7-14(19)13(9-12)18(20,21)22/h6-7,9,15,23H,4-5,8,10H2,1-3H3. The molecule has 1 N–H and O–H groups in total. The van der Waals surface area contributed by atoms with Gasteiger partial charge in [-0.25, -0.2) is 4.39 Å². The van der Waals surface area contributed by atoms with Crippen LogP contribution in [0.15, 0.2) is 29.3 Å². The molecule has 1 atom stereocenters. The second kappa shape index (κ2) is 6.27. The number of hydrogen-bond donors (Lipinski definition) is 1. The molecule has 0 saturated carbocycles. The lowest BCUT2D eigenvalue weighted by molar-refractivity contribution is -0.140. The highest BCUT2D eigenvalue weighted by Crippen LogP contribution is 2.42. The third-order valence-electron chi connectivity index (χ3n) is 4.64. The van der Waals surface area contributed by atoms with E-state index in [1.165, 1.54) is 6.07 Å². The molecule has 0 bridgehead atoms. The molecule has 0 fully saturated rings. The molecule has 2 rings (SSSR count). The molecule has 1 unspecified atom stereocenters. The van der Waals surface area contributed by atoms with Crippen LogP contribution in [0.4, 0.5) is 17.6 Å². The fourth-order valence-electron chi connectivity index (χ4n) is 3.62. The summed E-state index contributed by atoms with van der Waals surface area (Å²) in [6.45, 7) is 6.05. The Kier molecular flexibility index (Phi) is 4.90. The molecular weight excluding hydrogens is 308 g/mol. The van der Waals surface area contributed by atoms with Gasteiger partial charge < -0.3 is 5.11 Å². The summed E-state index contributed by atoms with van der Waals surface area (Å²) in [6, 6.07) is 2.92. The second-order valence-corrected chi connectivity index (χ2v) is 6.96. The molecule has 1 aromatic rings. The van der Waals surface area contributed by atoms with Gasteiger partial charge in [-0.2, -0.15) is 13.2 Å². The van der Waals surface area contributed by atoms with Crippen LogP contribution in [-0.4, -0.2) is 11.2 Å². The largest absolute Gasteiger partial charge is 0.419 e. The summed E-state index contributed by atoms with van der Waals surface area (Å²) in [7, 11) is 0. The van der Waals surface area contributed by atoms with Gasteiger partial charge in [0, 0.05) is 6.42 Å². The van der Waals surface area contributed by atoms with Crippen LogP contribution in [0.1, 0.15) is 51.2 Å². The molecule has 1 aliphatic carbocycles. The van der Waals surface area contributed by atoms with Crippen molar-refractivity contribution >= 4 is 0 Å². The van der Waals surface area contributed by atoms with E-state index in [4.69, 9.17) is 0 Å². The maximum atomic E-state index is 13.4. The van der Waals surface area contributed by atoms with Gasteiger partial charge in [-0.05, 0) is 54.9 Å². The van der Waals surface area contributed by atoms with Gasteiger partial charge in [-0.1, -0.05) is 25.5 Å². The Morgan fingerprint density at radius 1 is 1.26 bits per heavy atom. The molecule has 1 aromatic carbocycles. The topological polar surface area (TPSA) is 20.2 Å². The Bertz CT molecular complexity index is 614. The number of rotatable bonds is 3. The van der Waals surface area contributed by atoms with Crippen LogP contribution < -0.4 is 0 Å². The molecule has 5 heteroatoms. The second-order valence-electron chi connectivity index (χ2n) is 6.96. The average Bonchev–Trinajstić information content (AvgIpc) is 2.38. The Hall–Kier alpha value is -1.36. The molecule has 1 aliphatic rings. The zero-order chi connectivity index (χ0) is 17.4. The van der Waals surface area contributed by atoms with Gasteiger partial charge in [0.15, 0.2) is 0 Å². The highest BCUT2D eigenvalue weighted by molar-refractivity contribution is 5.32. The highest BCUT2D eigenvalue weighted by atomic mass is 19.4. The predicted molar refractivity (Wildman–Crippen MR) is 81.4 cm³/mol. The summed E-state index contributed by atoms with van der Waals surface area (Å²) in [5, 5.41) is 10.6. The van der Waals surface area contributed by atoms with Crippen molar-refractivity contribution in [3.05, 3.63) is 46.3 Å². The molecule has 128 valence electrons. The van der Waals surface area contributed by atoms with Crippen molar-refractivity contribution in [2.45, 2.75) is 58.7 Å². The minimum atomic E-state index is -4.73. The van der Waals surface area contributed by atoms with Crippen LogP contribution in [-0.2, 0) is 12.6 Å². The molecule has 1 nitrogen and oxygen atoms in total. The van der Waals surface area contributed by atoms with Crippen molar-refractivity contribution in [3.63, 3.8) is 0 Å². The van der Waals surface area contributed by atoms with Crippen molar-refractivity contribution in [2.24, 2.45) is 5.41 Å². The number of aliphatic hydroxyl groups excluding tert-OH is 1. The molecule has 0 heterocycles. The molecule has 0 saturated heterocycles. The molecule has 0 aromatic heterocycles. The number of hydrogen-bond acceptors (Lipinski definition) is 1. The van der Waals surface area contributed by atoms with Crippen molar-refractivity contribution in [1.29, 1.82) is 0 Å². The summed E-state index contributed by atoms with van der Waals surface area (Å²) in [4.78, 5) is 0. The monoisotopic (exact) mass is 330 g/mol. The van der Waals surface area contributed by atoms with E-state index in [0.717, 1.165) is 42.5 Å². The van der Waals surface area contributed by atoms with Gasteiger partial charge in [0.25, 0.3) is 0 Å². The van der Waals surface area contributed by atoms with E-state index in [-0.39, 0.29) is 17.4 Å². The van der Waals surface area contributed by atoms with Gasteiger partial charge in [0.05, 0.1) is 11.7 Å². The van der Waals surface area contributed by atoms with Crippen LogP contribution in [0, 0.1) is 11.2 Å². The number of aliphatic hydroxyl groups is 1. The first kappa shape index (κ1) is 18.0. The van der Waals surface area contributed by atoms with Crippen molar-refractivity contribution in [1.82, 2.24) is 0 Å². The smallest absolute Gasteiger partial charge is 0.388 e. The molecule has 23 heavy (non-hydrogen) atoms. The molecule has 0 spiro atoms. The normalized spacial score (nSPS) is 19.8. The molecule has 0 aliphatic heterocycles. The SMILES string of the molecule is CC1=C(C(O)Cc2ccc(F)c(C(F)(F)F)c2)C(C)(C)CCC1. The fourth-order valence-corrected chi connectivity index (χ4v) is 3.62. The third kappa shape index (κ3) is 3.94. The van der Waals surface area contributed by atoms with Crippen LogP contribution in [0.2, 0.25) is 0 Å². The van der Waals surface area contributed by atoms with E-state index in [1.54, 1.807) is 0 Å². The lowest BCUT2D eigenvalue weighted by Crippen LogP contribution is -2.30. The minimum absolute atomic E-state index is 0.0550. The third-order valence-corrected chi connectivity index (χ3v) is 4.64. The summed E-state index contributed by atoms with van der Waals surface area (Å²) < 4.78 is 51.7. The van der Waals surface area contributed by atoms with Crippen LogP contribution in [0.25, 0.3) is 0 Å². The Labute approximate surface area is 134 Å². The molecule has 0 amide bonds. The quantitative estimate of drug-likeness (QED) is 0.591. The number of halogens is 4. The Morgan fingerprint density at radius 2 is 1.91 bits per heavy atom. The van der Waals surface area contributed by atoms with Crippen LogP contribution in [0.5, 0.6) is 0 Å². The van der Waals surface area contributed by atoms with E-state index in [2.05, 4.69) is 0 Å². The number of allylic oxidation sites excluding steroid dienone is 1. The first-order chi connectivity index (χ1) is 10.5. The van der Waals surface area contributed by atoms with Crippen LogP contribution in [0.3, 0.4) is 0 Å². The van der Waals surface area contributed by atoms with Crippen LogP contribution >= 0.6 is 0 Å². The lowest BCUT2D eigenvalue weighted by Gasteiger charge is -2.37. The maximum absolute atomic E-state index is 13.4. The Balaban J connectivity index is 2.29. The van der Waals surface area contributed by atoms with E-state index < -0.39 is 23.7 Å². The predicted octanol–water partition coefficient (Wildman–Crippen LogP) is 5.27. The van der Waals surface area contributed by atoms with Gasteiger partial charge in [0.2, 0.25) is 0 Å². The minimum Gasteiger partial charge on any atom is -0.388 e. The van der Waals surface area contributed by atoms with Crippen molar-refractivity contribution in [2.75, 3.05) is 0 Å². The van der Waals surface area contributed by atoms with Crippen molar-refractivity contribution < 1.29 is 22.7 Å². The van der Waals surface area contributed by atoms with E-state index in [0.29, 0.717) is 0 Å². The summed E-state index contributed by atoms with van der Waals surface area (Å²) in [6.07, 6.45) is -2.65. The molecular formula is C18H22F4O. The first-order valence-electron chi connectivity index (χ1n) is 7.76. The van der Waals surface area contributed by atoms with E-state index in [9.17, 15) is 22.7 Å². The number of benzene rings is 1. The average molecular weight is 330 g/mol. The summed E-state index contributed by atoms with van der Waals surface area (Å²) >= 11 is 0. The van der Waals surface area contributed by atoms with E-state index in [1.807, 2.05) is 20.8 Å². The summed E-state index contributed by atoms with van der Waals surface area (Å²) in [5.74, 6) is -1.29. The lowest BCUT2D eigenvalue weighted by atomic mass is 9.70. The maximum Gasteiger partial charge on any atom is 0.419 e. The fraction of sp³-hybridized carbons (Fsp3) is 0.556. The van der Waals surface area contributed by atoms with Gasteiger partial charge in [-0.15, -0.1) is 0 Å². The zero-order valence-electron chi connectivity index (χ0n) is 13.6. The Morgan fingerprint density at radius 3 is 2.48 bits per heavy atom. The van der Waals surface area contributed by atoms with Gasteiger partial charge in [-0.3, -0.25) is 0 Å². The highest BCUT2D eigenvalue weighted by Gasteiger charge is 2.35. The number of alkyl halides is 3. The molecule has 0 radical (unpaired) electrons. The zero-order valence-corrected chi connectivity index (χ0v) is 13.6. The van der Waals surface area contributed by atoms with Gasteiger partial charge in [0.1, 0.15) is 5.82 Å². The van der Waals surface area contributed by atoms with E-state index >= 15 is 0 Å². The van der Waals surface area contributed by atoms with Crippen molar-refractivity contribution in [3.8, 4) is 0 Å². The van der Waals surface area contributed by atoms with Gasteiger partial charge >= 0.3 is 6.18 Å².